The Kier molecular flexibility index (Phi) is 6.38. The second-order valence-corrected chi connectivity index (χ2v) is 10.7. The number of rotatable bonds is 6. The van der Waals surface area contributed by atoms with Crippen LogP contribution in [0.15, 0.2) is 35.4 Å². The van der Waals surface area contributed by atoms with Gasteiger partial charge in [0.2, 0.25) is 0 Å². The van der Waals surface area contributed by atoms with Crippen molar-refractivity contribution in [1.29, 1.82) is 4.78 Å². The summed E-state index contributed by atoms with van der Waals surface area (Å²) in [6.45, 7) is -0.118. The van der Waals surface area contributed by atoms with E-state index < -0.39 is 33.1 Å². The number of nitrogens with one attached hydrogen (secondary N) is 2. The average Bonchev–Trinajstić information content (AvgIpc) is 2.81. The molecule has 1 aliphatic heterocycles. The maximum Gasteiger partial charge on any atom is 0.266 e. The molecule has 1 aliphatic rings. The van der Waals surface area contributed by atoms with E-state index in [0.29, 0.717) is 16.6 Å². The third kappa shape index (κ3) is 4.27. The minimum Gasteiger partial charge on any atom is -0.373 e. The number of methoxy groups -OCH3 is 1. The first-order valence-electron chi connectivity index (χ1n) is 10.5. The number of benzene rings is 1. The molecule has 0 atom stereocenters. The van der Waals surface area contributed by atoms with Crippen LogP contribution in [0.1, 0.15) is 36.0 Å². The van der Waals surface area contributed by atoms with Gasteiger partial charge in [0, 0.05) is 47.5 Å². The number of hydrogen-bond acceptors (Lipinski definition) is 7. The van der Waals surface area contributed by atoms with Gasteiger partial charge in [-0.05, 0) is 18.9 Å². The monoisotopic (exact) mass is 495 g/mol. The number of alkyl halides is 2. The summed E-state index contributed by atoms with van der Waals surface area (Å²) in [7, 11) is 0.311. The zero-order valence-electron chi connectivity index (χ0n) is 18.6. The predicted molar refractivity (Wildman–Crippen MR) is 122 cm³/mol. The first-order valence-corrected chi connectivity index (χ1v) is 12.4. The second-order valence-electron chi connectivity index (χ2n) is 8.27. The van der Waals surface area contributed by atoms with Crippen LogP contribution < -0.4 is 10.9 Å². The van der Waals surface area contributed by atoms with Gasteiger partial charge >= 0.3 is 0 Å². The molecule has 0 aliphatic carbocycles. The lowest BCUT2D eigenvalue weighted by Gasteiger charge is -2.36. The fourth-order valence-corrected chi connectivity index (χ4v) is 5.81. The minimum atomic E-state index is -2.93. The molecule has 34 heavy (non-hydrogen) atoms. The average molecular weight is 496 g/mol. The van der Waals surface area contributed by atoms with Crippen molar-refractivity contribution in [1.82, 2.24) is 14.5 Å². The Bertz CT molecular complexity index is 1390. The Labute approximate surface area is 194 Å². The van der Waals surface area contributed by atoms with Crippen LogP contribution in [0.25, 0.3) is 11.0 Å². The molecule has 2 N–H and O–H groups in total. The Morgan fingerprint density at radius 1 is 1.29 bits per heavy atom. The van der Waals surface area contributed by atoms with Gasteiger partial charge in [0.15, 0.2) is 0 Å². The van der Waals surface area contributed by atoms with Gasteiger partial charge in [-0.25, -0.2) is 27.3 Å². The van der Waals surface area contributed by atoms with E-state index in [4.69, 9.17) is 9.52 Å². The first-order chi connectivity index (χ1) is 16.1. The quantitative estimate of drug-likeness (QED) is 0.540. The molecule has 1 fully saturated rings. The predicted octanol–water partition coefficient (Wildman–Crippen LogP) is 3.70. The van der Waals surface area contributed by atoms with Crippen molar-refractivity contribution >= 4 is 26.6 Å². The number of halogens is 3. The van der Waals surface area contributed by atoms with Crippen molar-refractivity contribution in [3.8, 4) is 0 Å². The number of nitrogens with zero attached hydrogens (tertiary/aromatic N) is 3. The number of fused-ring (bicyclic) bond motifs is 1. The highest BCUT2D eigenvalue weighted by Crippen LogP contribution is 2.37. The van der Waals surface area contributed by atoms with Crippen LogP contribution >= 0.6 is 0 Å². The van der Waals surface area contributed by atoms with E-state index >= 15 is 0 Å². The van der Waals surface area contributed by atoms with E-state index in [1.165, 1.54) is 30.1 Å². The Hall–Kier alpha value is -2.99. The van der Waals surface area contributed by atoms with Crippen LogP contribution in [-0.4, -0.2) is 37.4 Å². The van der Waals surface area contributed by atoms with Crippen molar-refractivity contribution in [2.24, 2.45) is 7.05 Å². The summed E-state index contributed by atoms with van der Waals surface area (Å²) in [5.41, 5.74) is -1.35. The fourth-order valence-electron chi connectivity index (χ4n) is 4.29. The van der Waals surface area contributed by atoms with Gasteiger partial charge in [-0.2, -0.15) is 0 Å². The van der Waals surface area contributed by atoms with Gasteiger partial charge in [-0.1, -0.05) is 18.2 Å². The lowest BCUT2D eigenvalue weighted by molar-refractivity contribution is -0.0241. The summed E-state index contributed by atoms with van der Waals surface area (Å²) < 4.78 is 67.7. The van der Waals surface area contributed by atoms with Crippen molar-refractivity contribution in [3.63, 3.8) is 0 Å². The summed E-state index contributed by atoms with van der Waals surface area (Å²) in [5.74, 6) is -0.484. The van der Waals surface area contributed by atoms with Crippen molar-refractivity contribution in [2.75, 3.05) is 23.9 Å². The summed E-state index contributed by atoms with van der Waals surface area (Å²) in [5, 5.41) is 3.42. The molecule has 0 amide bonds. The van der Waals surface area contributed by atoms with E-state index in [9.17, 15) is 22.2 Å². The molecule has 0 spiro atoms. The first kappa shape index (κ1) is 24.1. The summed E-state index contributed by atoms with van der Waals surface area (Å²) in [6.07, 6.45) is -1.20. The second kappa shape index (κ2) is 8.99. The van der Waals surface area contributed by atoms with Gasteiger partial charge in [0.25, 0.3) is 12.0 Å². The molecule has 12 heteroatoms. The highest BCUT2D eigenvalue weighted by atomic mass is 32.2. The van der Waals surface area contributed by atoms with Gasteiger partial charge in [0.05, 0.1) is 22.1 Å². The van der Waals surface area contributed by atoms with E-state index in [0.717, 1.165) is 6.07 Å². The number of hydrogen-bond donors (Lipinski definition) is 2. The van der Waals surface area contributed by atoms with Crippen molar-refractivity contribution in [3.05, 3.63) is 63.5 Å². The van der Waals surface area contributed by atoms with E-state index in [-0.39, 0.29) is 47.8 Å². The molecule has 0 unspecified atom stereocenters. The highest BCUT2D eigenvalue weighted by molar-refractivity contribution is 7.92. The number of aromatic nitrogens is 3. The SMILES string of the molecule is COC1(c2cc3c(NCc4cccc(C(F)F)c4F)ncnc3n(C)c2=O)CCS(=N)(=O)CC1. The van der Waals surface area contributed by atoms with Crippen LogP contribution in [0.3, 0.4) is 0 Å². The van der Waals surface area contributed by atoms with E-state index in [2.05, 4.69) is 15.3 Å². The van der Waals surface area contributed by atoms with Gasteiger partial charge in [0.1, 0.15) is 23.6 Å². The molecule has 8 nitrogen and oxygen atoms in total. The lowest BCUT2D eigenvalue weighted by Crippen LogP contribution is -2.43. The largest absolute Gasteiger partial charge is 0.373 e. The molecule has 0 saturated carbocycles. The molecule has 182 valence electrons. The number of aryl methyl sites for hydroxylation is 1. The number of ether oxygens (including phenoxy) is 1. The van der Waals surface area contributed by atoms with Crippen LogP contribution in [0, 0.1) is 10.6 Å². The topological polar surface area (TPSA) is 110 Å². The molecule has 1 saturated heterocycles. The van der Waals surface area contributed by atoms with Crippen LogP contribution in [0.2, 0.25) is 0 Å². The molecule has 4 rings (SSSR count). The van der Waals surface area contributed by atoms with Crippen LogP contribution in [0.4, 0.5) is 19.0 Å². The smallest absolute Gasteiger partial charge is 0.266 e. The molecule has 2 aromatic heterocycles. The van der Waals surface area contributed by atoms with E-state index in [1.807, 2.05) is 0 Å². The Morgan fingerprint density at radius 2 is 2.00 bits per heavy atom. The number of pyridine rings is 1. The minimum absolute atomic E-state index is 0.0421. The normalized spacial score (nSPS) is 22.9. The molecular weight excluding hydrogens is 471 g/mol. The molecular formula is C22H24F3N5O3S. The maximum absolute atomic E-state index is 14.5. The molecule has 3 heterocycles. The van der Waals surface area contributed by atoms with Gasteiger partial charge < -0.3 is 10.1 Å². The maximum atomic E-state index is 14.5. The van der Waals surface area contributed by atoms with E-state index in [1.54, 1.807) is 13.1 Å². The molecule has 0 bridgehead atoms. The standard InChI is InChI=1S/C22H24F3N5O3S/c1-30-20-15(10-16(21(30)31)22(33-2)6-8-34(26,32)9-7-22)19(28-12-29-20)27-11-13-4-3-5-14(17(13)23)18(24)25/h3-5,10,12,18,26H,6-9,11H2,1-2H3,(H,27,28,29). The Morgan fingerprint density at radius 3 is 2.65 bits per heavy atom. The van der Waals surface area contributed by atoms with Crippen molar-refractivity contribution < 1.29 is 22.1 Å². The number of anilines is 1. The Balaban J connectivity index is 1.76. The van der Waals surface area contributed by atoms with Crippen LogP contribution in [0.5, 0.6) is 0 Å². The summed E-state index contributed by atoms with van der Waals surface area (Å²) in [6, 6.07) is 5.40. The highest BCUT2D eigenvalue weighted by Gasteiger charge is 2.40. The third-order valence-corrected chi connectivity index (χ3v) is 8.07. The van der Waals surface area contributed by atoms with Crippen LogP contribution in [-0.2, 0) is 33.7 Å². The lowest BCUT2D eigenvalue weighted by atomic mass is 9.88. The van der Waals surface area contributed by atoms with Crippen molar-refractivity contribution in [2.45, 2.75) is 31.4 Å². The summed E-state index contributed by atoms with van der Waals surface area (Å²) in [4.78, 5) is 21.6. The molecule has 3 aromatic rings. The molecule has 0 radical (unpaired) electrons. The zero-order valence-corrected chi connectivity index (χ0v) is 19.4. The van der Waals surface area contributed by atoms with Gasteiger partial charge in [-0.3, -0.25) is 14.1 Å². The fraction of sp³-hybridized carbons (Fsp3) is 0.409. The van der Waals surface area contributed by atoms with Gasteiger partial charge in [-0.15, -0.1) is 0 Å². The zero-order chi connectivity index (χ0) is 24.7. The molecule has 1 aromatic carbocycles. The third-order valence-electron chi connectivity index (χ3n) is 6.35. The summed E-state index contributed by atoms with van der Waals surface area (Å²) >= 11 is 0.